The SMILES string of the molecule is Cc1ccc(NC(=O)c2c(F)cccc2Cl)cc1. The zero-order chi connectivity index (χ0) is 13.1. The molecule has 0 bridgehead atoms. The van der Waals surface area contributed by atoms with Crippen LogP contribution >= 0.6 is 11.6 Å². The molecular formula is C14H11ClFNO. The molecule has 18 heavy (non-hydrogen) atoms. The van der Waals surface area contributed by atoms with E-state index in [2.05, 4.69) is 5.32 Å². The van der Waals surface area contributed by atoms with Crippen molar-refractivity contribution < 1.29 is 9.18 Å². The predicted molar refractivity (Wildman–Crippen MR) is 70.5 cm³/mol. The smallest absolute Gasteiger partial charge is 0.260 e. The van der Waals surface area contributed by atoms with Crippen LogP contribution in [-0.4, -0.2) is 5.91 Å². The number of benzene rings is 2. The van der Waals surface area contributed by atoms with E-state index in [-0.39, 0.29) is 10.6 Å². The molecule has 0 unspecified atom stereocenters. The Bertz CT molecular complexity index is 561. The predicted octanol–water partition coefficient (Wildman–Crippen LogP) is 4.04. The first-order valence-corrected chi connectivity index (χ1v) is 5.78. The van der Waals surface area contributed by atoms with Crippen molar-refractivity contribution >= 4 is 23.2 Å². The topological polar surface area (TPSA) is 29.1 Å². The average molecular weight is 264 g/mol. The number of aryl methyl sites for hydroxylation is 1. The standard InChI is InChI=1S/C14H11ClFNO/c1-9-5-7-10(8-6-9)17-14(18)13-11(15)3-2-4-12(13)16/h2-8H,1H3,(H,17,18). The molecule has 0 saturated heterocycles. The van der Waals surface area contributed by atoms with Gasteiger partial charge in [0.2, 0.25) is 0 Å². The molecule has 0 heterocycles. The molecule has 1 amide bonds. The summed E-state index contributed by atoms with van der Waals surface area (Å²) in [4.78, 5) is 11.9. The molecule has 1 N–H and O–H groups in total. The lowest BCUT2D eigenvalue weighted by molar-refractivity contribution is 0.102. The first kappa shape index (κ1) is 12.6. The number of anilines is 1. The maximum Gasteiger partial charge on any atom is 0.260 e. The fourth-order valence-corrected chi connectivity index (χ4v) is 1.79. The van der Waals surface area contributed by atoms with E-state index in [0.717, 1.165) is 5.56 Å². The Hall–Kier alpha value is -1.87. The Balaban J connectivity index is 2.25. The van der Waals surface area contributed by atoms with Gasteiger partial charge in [-0.25, -0.2) is 4.39 Å². The lowest BCUT2D eigenvalue weighted by atomic mass is 10.2. The molecule has 2 nitrogen and oxygen atoms in total. The molecule has 0 fully saturated rings. The van der Waals surface area contributed by atoms with Gasteiger partial charge in [-0.05, 0) is 31.2 Å². The number of hydrogen-bond donors (Lipinski definition) is 1. The van der Waals surface area contributed by atoms with Crippen LogP contribution in [0.1, 0.15) is 15.9 Å². The van der Waals surface area contributed by atoms with Crippen LogP contribution in [0.5, 0.6) is 0 Å². The number of nitrogens with one attached hydrogen (secondary N) is 1. The van der Waals surface area contributed by atoms with Gasteiger partial charge >= 0.3 is 0 Å². The molecule has 0 aliphatic rings. The summed E-state index contributed by atoms with van der Waals surface area (Å²) in [7, 11) is 0. The van der Waals surface area contributed by atoms with E-state index >= 15 is 0 Å². The zero-order valence-corrected chi connectivity index (χ0v) is 10.5. The molecule has 2 rings (SSSR count). The third-order valence-electron chi connectivity index (χ3n) is 2.50. The molecule has 0 aliphatic carbocycles. The Labute approximate surface area is 109 Å². The van der Waals surface area contributed by atoms with Crippen LogP contribution in [0.25, 0.3) is 0 Å². The molecule has 4 heteroatoms. The van der Waals surface area contributed by atoms with Crippen molar-refractivity contribution in [3.8, 4) is 0 Å². The van der Waals surface area contributed by atoms with Crippen molar-refractivity contribution in [3.05, 3.63) is 64.4 Å². The van der Waals surface area contributed by atoms with Gasteiger partial charge < -0.3 is 5.32 Å². The number of halogens is 2. The van der Waals surface area contributed by atoms with E-state index in [4.69, 9.17) is 11.6 Å². The number of carbonyl (C=O) groups is 1. The largest absolute Gasteiger partial charge is 0.322 e. The van der Waals surface area contributed by atoms with Crippen LogP contribution in [0, 0.1) is 12.7 Å². The monoisotopic (exact) mass is 263 g/mol. The van der Waals surface area contributed by atoms with Gasteiger partial charge in [-0.2, -0.15) is 0 Å². The molecule has 0 atom stereocenters. The first-order valence-electron chi connectivity index (χ1n) is 5.40. The van der Waals surface area contributed by atoms with E-state index in [1.54, 1.807) is 12.1 Å². The normalized spacial score (nSPS) is 10.2. The fourth-order valence-electron chi connectivity index (χ4n) is 1.55. The first-order chi connectivity index (χ1) is 8.58. The van der Waals surface area contributed by atoms with E-state index in [1.165, 1.54) is 18.2 Å². The highest BCUT2D eigenvalue weighted by molar-refractivity contribution is 6.34. The average Bonchev–Trinajstić information content (AvgIpc) is 2.32. The molecule has 0 radical (unpaired) electrons. The number of hydrogen-bond acceptors (Lipinski definition) is 1. The number of rotatable bonds is 2. The van der Waals surface area contributed by atoms with Gasteiger partial charge in [0, 0.05) is 5.69 Å². The highest BCUT2D eigenvalue weighted by Crippen LogP contribution is 2.20. The summed E-state index contributed by atoms with van der Waals surface area (Å²) < 4.78 is 13.5. The molecule has 2 aromatic carbocycles. The van der Waals surface area contributed by atoms with Crippen molar-refractivity contribution in [2.45, 2.75) is 6.92 Å². The molecule has 0 aliphatic heterocycles. The summed E-state index contributed by atoms with van der Waals surface area (Å²) in [6.07, 6.45) is 0. The molecule has 2 aromatic rings. The summed E-state index contributed by atoms with van der Waals surface area (Å²) in [5.74, 6) is -1.19. The van der Waals surface area contributed by atoms with Crippen LogP contribution in [0.4, 0.5) is 10.1 Å². The Morgan fingerprint density at radius 1 is 1.17 bits per heavy atom. The fraction of sp³-hybridized carbons (Fsp3) is 0.0714. The van der Waals surface area contributed by atoms with Crippen molar-refractivity contribution in [2.75, 3.05) is 5.32 Å². The summed E-state index contributed by atoms with van der Waals surface area (Å²) in [5.41, 5.74) is 1.54. The lowest BCUT2D eigenvalue weighted by Gasteiger charge is -2.07. The Morgan fingerprint density at radius 3 is 2.44 bits per heavy atom. The minimum atomic E-state index is -0.632. The van der Waals surface area contributed by atoms with Crippen molar-refractivity contribution in [3.63, 3.8) is 0 Å². The van der Waals surface area contributed by atoms with Crippen LogP contribution in [0.15, 0.2) is 42.5 Å². The van der Waals surface area contributed by atoms with Crippen molar-refractivity contribution in [1.82, 2.24) is 0 Å². The Kier molecular flexibility index (Phi) is 3.63. The number of carbonyl (C=O) groups excluding carboxylic acids is 1. The third kappa shape index (κ3) is 2.68. The van der Waals surface area contributed by atoms with E-state index in [1.807, 2.05) is 19.1 Å². The molecule has 92 valence electrons. The minimum absolute atomic E-state index is 0.0969. The second-order valence-electron chi connectivity index (χ2n) is 3.92. The molecular weight excluding hydrogens is 253 g/mol. The lowest BCUT2D eigenvalue weighted by Crippen LogP contribution is -2.14. The van der Waals surface area contributed by atoms with Crippen LogP contribution < -0.4 is 5.32 Å². The van der Waals surface area contributed by atoms with Crippen LogP contribution in [0.3, 0.4) is 0 Å². The summed E-state index contributed by atoms with van der Waals surface area (Å²) >= 11 is 5.82. The highest BCUT2D eigenvalue weighted by atomic mass is 35.5. The molecule has 0 spiro atoms. The Morgan fingerprint density at radius 2 is 1.83 bits per heavy atom. The molecule has 0 saturated carbocycles. The molecule has 0 aromatic heterocycles. The maximum absolute atomic E-state index is 13.5. The quantitative estimate of drug-likeness (QED) is 0.870. The van der Waals surface area contributed by atoms with Crippen molar-refractivity contribution in [2.24, 2.45) is 0 Å². The zero-order valence-electron chi connectivity index (χ0n) is 9.71. The van der Waals surface area contributed by atoms with Gasteiger partial charge in [-0.1, -0.05) is 35.4 Å². The highest BCUT2D eigenvalue weighted by Gasteiger charge is 2.15. The summed E-state index contributed by atoms with van der Waals surface area (Å²) in [5, 5.41) is 2.70. The third-order valence-corrected chi connectivity index (χ3v) is 2.81. The summed E-state index contributed by atoms with van der Waals surface area (Å²) in [6, 6.07) is 11.4. The van der Waals surface area contributed by atoms with Crippen molar-refractivity contribution in [1.29, 1.82) is 0 Å². The van der Waals surface area contributed by atoms with Gasteiger partial charge in [0.15, 0.2) is 0 Å². The second kappa shape index (κ2) is 5.19. The van der Waals surface area contributed by atoms with Gasteiger partial charge in [-0.3, -0.25) is 4.79 Å². The van der Waals surface area contributed by atoms with Crippen LogP contribution in [-0.2, 0) is 0 Å². The van der Waals surface area contributed by atoms with Gasteiger partial charge in [0.25, 0.3) is 5.91 Å². The van der Waals surface area contributed by atoms with Gasteiger partial charge in [0.1, 0.15) is 5.82 Å². The summed E-state index contributed by atoms with van der Waals surface area (Å²) in [6.45, 7) is 1.94. The second-order valence-corrected chi connectivity index (χ2v) is 4.32. The number of amides is 1. The van der Waals surface area contributed by atoms with Gasteiger partial charge in [-0.15, -0.1) is 0 Å². The van der Waals surface area contributed by atoms with Crippen LogP contribution in [0.2, 0.25) is 5.02 Å². The maximum atomic E-state index is 13.5. The van der Waals surface area contributed by atoms with E-state index in [0.29, 0.717) is 5.69 Å². The van der Waals surface area contributed by atoms with E-state index in [9.17, 15) is 9.18 Å². The van der Waals surface area contributed by atoms with E-state index < -0.39 is 11.7 Å². The minimum Gasteiger partial charge on any atom is -0.322 e. The van der Waals surface area contributed by atoms with Gasteiger partial charge in [0.05, 0.1) is 10.6 Å².